The Hall–Kier alpha value is -0.890. The highest BCUT2D eigenvalue weighted by molar-refractivity contribution is 5.24. The maximum atomic E-state index is 13.3. The lowest BCUT2D eigenvalue weighted by Gasteiger charge is -2.20. The van der Waals surface area contributed by atoms with Crippen molar-refractivity contribution in [2.75, 3.05) is 0 Å². The van der Waals surface area contributed by atoms with E-state index >= 15 is 0 Å². The van der Waals surface area contributed by atoms with E-state index in [4.69, 9.17) is 0 Å². The van der Waals surface area contributed by atoms with Crippen molar-refractivity contribution in [3.05, 3.63) is 35.1 Å². The molecule has 0 aliphatic rings. The molecular weight excluding hydrogens is 203 g/mol. The van der Waals surface area contributed by atoms with E-state index in [9.17, 15) is 9.50 Å². The van der Waals surface area contributed by atoms with Crippen LogP contribution in [0.3, 0.4) is 0 Å². The molecule has 0 radical (unpaired) electrons. The van der Waals surface area contributed by atoms with Crippen LogP contribution >= 0.6 is 0 Å². The lowest BCUT2D eigenvalue weighted by molar-refractivity contribution is 0.147. The van der Waals surface area contributed by atoms with Gasteiger partial charge in [0.05, 0.1) is 6.10 Å². The minimum absolute atomic E-state index is 0.199. The number of aryl methyl sites for hydroxylation is 1. The number of benzene rings is 1. The number of rotatable bonds is 3. The fourth-order valence-electron chi connectivity index (χ4n) is 1.55. The van der Waals surface area contributed by atoms with Crippen LogP contribution in [0.15, 0.2) is 18.2 Å². The fourth-order valence-corrected chi connectivity index (χ4v) is 1.55. The summed E-state index contributed by atoms with van der Waals surface area (Å²) >= 11 is 0. The van der Waals surface area contributed by atoms with Crippen molar-refractivity contribution in [1.82, 2.24) is 0 Å². The third-order valence-corrected chi connectivity index (χ3v) is 2.75. The molecular formula is C14H21FO. The van der Waals surface area contributed by atoms with E-state index in [1.165, 1.54) is 6.07 Å². The first-order valence-corrected chi connectivity index (χ1v) is 5.74. The van der Waals surface area contributed by atoms with Crippen molar-refractivity contribution < 1.29 is 9.50 Å². The molecule has 1 aromatic carbocycles. The molecule has 0 spiro atoms. The summed E-state index contributed by atoms with van der Waals surface area (Å²) < 4.78 is 13.3. The molecule has 2 heteroatoms. The van der Waals surface area contributed by atoms with Crippen LogP contribution in [0.4, 0.5) is 4.39 Å². The molecule has 1 aromatic rings. The van der Waals surface area contributed by atoms with Gasteiger partial charge in [-0.2, -0.15) is 0 Å². The fraction of sp³-hybridized carbons (Fsp3) is 0.571. The smallest absolute Gasteiger partial charge is 0.126 e. The number of aliphatic hydroxyl groups is 1. The predicted octanol–water partition coefficient (Wildman–Crippen LogP) is 3.99. The second kappa shape index (κ2) is 4.96. The van der Waals surface area contributed by atoms with Crippen LogP contribution in [0, 0.1) is 18.2 Å². The molecule has 0 heterocycles. The Bertz CT molecular complexity index is 352. The summed E-state index contributed by atoms with van der Waals surface area (Å²) in [7, 11) is 0. The first-order valence-electron chi connectivity index (χ1n) is 5.74. The normalized spacial score (nSPS) is 13.9. The summed E-state index contributed by atoms with van der Waals surface area (Å²) in [4.78, 5) is 0. The highest BCUT2D eigenvalue weighted by Crippen LogP contribution is 2.27. The van der Waals surface area contributed by atoms with Gasteiger partial charge in [0.15, 0.2) is 0 Å². The van der Waals surface area contributed by atoms with Crippen molar-refractivity contribution in [2.45, 2.75) is 46.6 Å². The van der Waals surface area contributed by atoms with Gasteiger partial charge in [0.25, 0.3) is 0 Å². The Balaban J connectivity index is 2.66. The van der Waals surface area contributed by atoms with Gasteiger partial charge in [0.2, 0.25) is 0 Å². The van der Waals surface area contributed by atoms with E-state index in [0.29, 0.717) is 17.5 Å². The summed E-state index contributed by atoms with van der Waals surface area (Å²) in [5.74, 6) is -0.243. The molecule has 0 aliphatic carbocycles. The average Bonchev–Trinajstić information content (AvgIpc) is 2.17. The molecule has 1 nitrogen and oxygen atoms in total. The Kier molecular flexibility index (Phi) is 4.09. The van der Waals surface area contributed by atoms with Crippen LogP contribution < -0.4 is 0 Å². The summed E-state index contributed by atoms with van der Waals surface area (Å²) in [6.07, 6.45) is 1.03. The summed E-state index contributed by atoms with van der Waals surface area (Å²) in [6, 6.07) is 4.94. The number of hydrogen-bond donors (Lipinski definition) is 1. The van der Waals surface area contributed by atoms with Crippen molar-refractivity contribution in [3.63, 3.8) is 0 Å². The Morgan fingerprint density at radius 3 is 2.44 bits per heavy atom. The van der Waals surface area contributed by atoms with Gasteiger partial charge in [-0.3, -0.25) is 0 Å². The van der Waals surface area contributed by atoms with Gasteiger partial charge < -0.3 is 5.11 Å². The molecule has 0 aromatic heterocycles. The molecule has 16 heavy (non-hydrogen) atoms. The molecule has 1 unspecified atom stereocenters. The third kappa shape index (κ3) is 3.93. The average molecular weight is 224 g/mol. The second-order valence-corrected chi connectivity index (χ2v) is 5.62. The minimum Gasteiger partial charge on any atom is -0.388 e. The topological polar surface area (TPSA) is 20.2 Å². The van der Waals surface area contributed by atoms with E-state index in [1.807, 2.05) is 0 Å². The quantitative estimate of drug-likeness (QED) is 0.823. The van der Waals surface area contributed by atoms with E-state index in [-0.39, 0.29) is 11.2 Å². The van der Waals surface area contributed by atoms with Crippen molar-refractivity contribution in [3.8, 4) is 0 Å². The number of hydrogen-bond acceptors (Lipinski definition) is 1. The van der Waals surface area contributed by atoms with Crippen LogP contribution in [-0.2, 0) is 0 Å². The van der Waals surface area contributed by atoms with E-state index < -0.39 is 6.10 Å². The van der Waals surface area contributed by atoms with Crippen LogP contribution in [0.5, 0.6) is 0 Å². The molecule has 0 saturated carbocycles. The zero-order valence-electron chi connectivity index (χ0n) is 10.5. The van der Waals surface area contributed by atoms with Gasteiger partial charge in [0, 0.05) is 0 Å². The molecule has 1 atom stereocenters. The first kappa shape index (κ1) is 13.2. The van der Waals surface area contributed by atoms with Gasteiger partial charge in [-0.25, -0.2) is 4.39 Å². The summed E-state index contributed by atoms with van der Waals surface area (Å²) in [5.41, 5.74) is 1.49. The van der Waals surface area contributed by atoms with Gasteiger partial charge in [-0.15, -0.1) is 0 Å². The SMILES string of the molecule is Cc1ccc(C(O)CCC(C)(C)C)cc1F. The van der Waals surface area contributed by atoms with Crippen LogP contribution in [0.2, 0.25) is 0 Å². The maximum Gasteiger partial charge on any atom is 0.126 e. The van der Waals surface area contributed by atoms with E-state index in [1.54, 1.807) is 19.1 Å². The second-order valence-electron chi connectivity index (χ2n) is 5.62. The van der Waals surface area contributed by atoms with Crippen LogP contribution in [-0.4, -0.2) is 5.11 Å². The molecule has 90 valence electrons. The standard InChI is InChI=1S/C14H21FO/c1-10-5-6-11(9-12(10)15)13(16)7-8-14(2,3)4/h5-6,9,13,16H,7-8H2,1-4H3. The lowest BCUT2D eigenvalue weighted by atomic mass is 9.88. The van der Waals surface area contributed by atoms with Crippen molar-refractivity contribution in [2.24, 2.45) is 5.41 Å². The van der Waals surface area contributed by atoms with Crippen LogP contribution in [0.25, 0.3) is 0 Å². The summed E-state index contributed by atoms with van der Waals surface area (Å²) in [5, 5.41) is 9.93. The Morgan fingerprint density at radius 1 is 1.31 bits per heavy atom. The molecule has 0 amide bonds. The zero-order chi connectivity index (χ0) is 12.3. The highest BCUT2D eigenvalue weighted by atomic mass is 19.1. The van der Waals surface area contributed by atoms with Crippen molar-refractivity contribution >= 4 is 0 Å². The molecule has 0 fully saturated rings. The molecule has 0 aliphatic heterocycles. The Labute approximate surface area is 97.3 Å². The van der Waals surface area contributed by atoms with Gasteiger partial charge in [-0.05, 0) is 42.4 Å². The minimum atomic E-state index is -0.561. The highest BCUT2D eigenvalue weighted by Gasteiger charge is 2.15. The van der Waals surface area contributed by atoms with Gasteiger partial charge in [-0.1, -0.05) is 32.9 Å². The largest absolute Gasteiger partial charge is 0.388 e. The monoisotopic (exact) mass is 224 g/mol. The van der Waals surface area contributed by atoms with E-state index in [2.05, 4.69) is 20.8 Å². The van der Waals surface area contributed by atoms with Crippen LogP contribution in [0.1, 0.15) is 50.8 Å². The zero-order valence-corrected chi connectivity index (χ0v) is 10.5. The number of aliphatic hydroxyl groups excluding tert-OH is 1. The van der Waals surface area contributed by atoms with Gasteiger partial charge >= 0.3 is 0 Å². The first-order chi connectivity index (χ1) is 7.29. The van der Waals surface area contributed by atoms with Crippen molar-refractivity contribution in [1.29, 1.82) is 0 Å². The number of halogens is 1. The molecule has 0 saturated heterocycles. The van der Waals surface area contributed by atoms with E-state index in [0.717, 1.165) is 6.42 Å². The molecule has 1 N–H and O–H groups in total. The summed E-state index contributed by atoms with van der Waals surface area (Å²) in [6.45, 7) is 8.13. The Morgan fingerprint density at radius 2 is 1.94 bits per heavy atom. The molecule has 0 bridgehead atoms. The van der Waals surface area contributed by atoms with Gasteiger partial charge in [0.1, 0.15) is 5.82 Å². The predicted molar refractivity (Wildman–Crippen MR) is 64.8 cm³/mol. The lowest BCUT2D eigenvalue weighted by Crippen LogP contribution is -2.08. The maximum absolute atomic E-state index is 13.3. The molecule has 1 rings (SSSR count). The third-order valence-electron chi connectivity index (χ3n) is 2.75.